The van der Waals surface area contributed by atoms with E-state index in [0.717, 1.165) is 5.75 Å². The van der Waals surface area contributed by atoms with E-state index in [4.69, 9.17) is 4.74 Å². The summed E-state index contributed by atoms with van der Waals surface area (Å²) < 4.78 is 5.83. The second-order valence-electron chi connectivity index (χ2n) is 4.69. The van der Waals surface area contributed by atoms with Crippen molar-refractivity contribution in [3.05, 3.63) is 29.8 Å². The van der Waals surface area contributed by atoms with Crippen molar-refractivity contribution in [2.45, 2.75) is 28.1 Å². The molecule has 2 bridgehead atoms. The highest BCUT2D eigenvalue weighted by Crippen LogP contribution is 2.72. The molecule has 14 heavy (non-hydrogen) atoms. The molecular formula is C12H13IO. The first-order chi connectivity index (χ1) is 6.66. The number of benzene rings is 1. The molecule has 0 radical (unpaired) electrons. The maximum Gasteiger partial charge on any atom is 0.118 e. The third-order valence-corrected chi connectivity index (χ3v) is 4.81. The van der Waals surface area contributed by atoms with Gasteiger partial charge in [-0.05, 0) is 42.4 Å². The molecule has 0 aliphatic heterocycles. The summed E-state index contributed by atoms with van der Waals surface area (Å²) >= 11 is 2.62. The van der Waals surface area contributed by atoms with E-state index in [9.17, 15) is 0 Å². The Morgan fingerprint density at radius 1 is 1.14 bits per heavy atom. The van der Waals surface area contributed by atoms with E-state index >= 15 is 0 Å². The van der Waals surface area contributed by atoms with Gasteiger partial charge in [-0.3, -0.25) is 0 Å². The highest BCUT2D eigenvalue weighted by Gasteiger charge is 2.66. The summed E-state index contributed by atoms with van der Waals surface area (Å²) in [7, 11) is 1.72. The molecule has 0 unspecified atom stereocenters. The summed E-state index contributed by atoms with van der Waals surface area (Å²) in [6.07, 6.45) is 4.15. The van der Waals surface area contributed by atoms with E-state index in [-0.39, 0.29) is 0 Å². The lowest BCUT2D eigenvalue weighted by atomic mass is 9.42. The number of halogens is 1. The van der Waals surface area contributed by atoms with Gasteiger partial charge in [0.1, 0.15) is 5.75 Å². The topological polar surface area (TPSA) is 9.23 Å². The Morgan fingerprint density at radius 2 is 1.71 bits per heavy atom. The molecule has 0 heterocycles. The molecular weight excluding hydrogens is 287 g/mol. The molecule has 0 N–H and O–H groups in total. The van der Waals surface area contributed by atoms with Crippen molar-refractivity contribution >= 4 is 22.6 Å². The average molecular weight is 300 g/mol. The van der Waals surface area contributed by atoms with Gasteiger partial charge in [0.05, 0.1) is 7.11 Å². The highest BCUT2D eigenvalue weighted by molar-refractivity contribution is 14.1. The Morgan fingerprint density at radius 3 is 2.14 bits per heavy atom. The number of ether oxygens (including phenoxy) is 1. The highest BCUT2D eigenvalue weighted by atomic mass is 127. The van der Waals surface area contributed by atoms with Gasteiger partial charge in [-0.25, -0.2) is 0 Å². The van der Waals surface area contributed by atoms with Crippen LogP contribution in [0.1, 0.15) is 24.8 Å². The Hall–Kier alpha value is -0.250. The van der Waals surface area contributed by atoms with Gasteiger partial charge >= 0.3 is 0 Å². The van der Waals surface area contributed by atoms with Crippen LogP contribution in [0, 0.1) is 0 Å². The monoisotopic (exact) mass is 300 g/mol. The van der Waals surface area contributed by atoms with Crippen molar-refractivity contribution in [2.24, 2.45) is 0 Å². The van der Waals surface area contributed by atoms with Crippen molar-refractivity contribution in [1.82, 2.24) is 0 Å². The molecule has 0 atom stereocenters. The SMILES string of the molecule is COc1ccc(C23CC(I)(C2)C3)cc1. The number of methoxy groups -OCH3 is 1. The average Bonchev–Trinajstić information content (AvgIpc) is 2.12. The zero-order chi connectivity index (χ0) is 9.81. The lowest BCUT2D eigenvalue weighted by Gasteiger charge is -2.68. The summed E-state index contributed by atoms with van der Waals surface area (Å²) in [6.45, 7) is 0. The molecule has 3 fully saturated rings. The van der Waals surface area contributed by atoms with Crippen LogP contribution in [0.15, 0.2) is 24.3 Å². The lowest BCUT2D eigenvalue weighted by molar-refractivity contribution is 0.0220. The van der Waals surface area contributed by atoms with E-state index < -0.39 is 0 Å². The standard InChI is InChI=1S/C12H13IO/c1-14-10-4-2-9(3-5-10)11-6-12(13,7-11)8-11/h2-5H,6-8H2,1H3. The molecule has 74 valence electrons. The summed E-state index contributed by atoms with van der Waals surface area (Å²) in [6, 6.07) is 8.62. The van der Waals surface area contributed by atoms with Gasteiger partial charge in [-0.2, -0.15) is 0 Å². The first-order valence-corrected chi connectivity index (χ1v) is 6.07. The molecule has 0 saturated heterocycles. The molecule has 1 nitrogen and oxygen atoms in total. The van der Waals surface area contributed by atoms with Crippen LogP contribution in [-0.2, 0) is 5.41 Å². The second kappa shape index (κ2) is 2.65. The zero-order valence-corrected chi connectivity index (χ0v) is 10.4. The van der Waals surface area contributed by atoms with Gasteiger partial charge in [0.25, 0.3) is 0 Å². The van der Waals surface area contributed by atoms with Crippen molar-refractivity contribution < 1.29 is 4.74 Å². The van der Waals surface area contributed by atoms with Crippen molar-refractivity contribution in [1.29, 1.82) is 0 Å². The quantitative estimate of drug-likeness (QED) is 0.601. The molecule has 2 heteroatoms. The van der Waals surface area contributed by atoms with Crippen molar-refractivity contribution in [2.75, 3.05) is 7.11 Å². The van der Waals surface area contributed by atoms with E-state index in [1.807, 2.05) is 0 Å². The minimum absolute atomic E-state index is 0.549. The minimum Gasteiger partial charge on any atom is -0.497 e. The van der Waals surface area contributed by atoms with Crippen LogP contribution in [-0.4, -0.2) is 10.5 Å². The van der Waals surface area contributed by atoms with Crippen LogP contribution in [0.4, 0.5) is 0 Å². The molecule has 1 aromatic carbocycles. The smallest absolute Gasteiger partial charge is 0.118 e. The van der Waals surface area contributed by atoms with Crippen LogP contribution < -0.4 is 4.74 Å². The normalized spacial score (nSPS) is 38.4. The van der Waals surface area contributed by atoms with Crippen LogP contribution in [0.25, 0.3) is 0 Å². The van der Waals surface area contributed by atoms with Gasteiger partial charge in [-0.15, -0.1) is 0 Å². The van der Waals surface area contributed by atoms with Gasteiger partial charge in [0, 0.05) is 3.42 Å². The first-order valence-electron chi connectivity index (χ1n) is 4.99. The molecule has 3 saturated carbocycles. The number of rotatable bonds is 2. The maximum absolute atomic E-state index is 5.16. The minimum atomic E-state index is 0.549. The third kappa shape index (κ3) is 1.06. The van der Waals surface area contributed by atoms with Crippen LogP contribution in [0.5, 0.6) is 5.75 Å². The zero-order valence-electron chi connectivity index (χ0n) is 8.22. The van der Waals surface area contributed by atoms with Gasteiger partial charge in [-0.1, -0.05) is 34.7 Å². The van der Waals surface area contributed by atoms with Crippen molar-refractivity contribution in [3.8, 4) is 5.75 Å². The Balaban J connectivity index is 1.85. The Bertz CT molecular complexity index is 349. The summed E-state index contributed by atoms with van der Waals surface area (Å²) in [5.74, 6) is 0.963. The van der Waals surface area contributed by atoms with E-state index in [0.29, 0.717) is 8.84 Å². The molecule has 0 aromatic heterocycles. The van der Waals surface area contributed by atoms with Crippen LogP contribution >= 0.6 is 22.6 Å². The van der Waals surface area contributed by atoms with Gasteiger partial charge in [0.2, 0.25) is 0 Å². The van der Waals surface area contributed by atoms with Crippen LogP contribution in [0.3, 0.4) is 0 Å². The largest absolute Gasteiger partial charge is 0.497 e. The van der Waals surface area contributed by atoms with Gasteiger partial charge in [0.15, 0.2) is 0 Å². The van der Waals surface area contributed by atoms with Crippen LogP contribution in [0.2, 0.25) is 0 Å². The first kappa shape index (κ1) is 9.01. The summed E-state index contributed by atoms with van der Waals surface area (Å²) in [5.41, 5.74) is 2.06. The molecule has 1 aromatic rings. The predicted octanol–water partition coefficient (Wildman–Crippen LogP) is 3.30. The number of hydrogen-bond donors (Lipinski definition) is 0. The fraction of sp³-hybridized carbons (Fsp3) is 0.500. The van der Waals surface area contributed by atoms with Crippen molar-refractivity contribution in [3.63, 3.8) is 0 Å². The second-order valence-corrected chi connectivity index (χ2v) is 6.98. The predicted molar refractivity (Wildman–Crippen MR) is 65.3 cm³/mol. The molecule has 0 amide bonds. The molecule has 3 aliphatic rings. The summed E-state index contributed by atoms with van der Waals surface area (Å²) in [4.78, 5) is 0. The third-order valence-electron chi connectivity index (χ3n) is 3.67. The fourth-order valence-corrected chi connectivity index (χ4v) is 5.11. The molecule has 3 aliphatic carbocycles. The molecule has 4 rings (SSSR count). The fourth-order valence-electron chi connectivity index (χ4n) is 2.91. The lowest BCUT2D eigenvalue weighted by Crippen LogP contribution is -2.65. The van der Waals surface area contributed by atoms with E-state index in [1.165, 1.54) is 24.8 Å². The Kier molecular flexibility index (Phi) is 1.71. The summed E-state index contributed by atoms with van der Waals surface area (Å²) in [5, 5.41) is 0. The Labute approximate surface area is 98.0 Å². The van der Waals surface area contributed by atoms with E-state index in [1.54, 1.807) is 7.11 Å². The molecule has 0 spiro atoms. The van der Waals surface area contributed by atoms with E-state index in [2.05, 4.69) is 46.9 Å². The maximum atomic E-state index is 5.16. The number of hydrogen-bond acceptors (Lipinski definition) is 1. The number of alkyl halides is 1. The van der Waals surface area contributed by atoms with Gasteiger partial charge < -0.3 is 4.74 Å².